The maximum absolute atomic E-state index is 13.6. The summed E-state index contributed by atoms with van der Waals surface area (Å²) in [6, 6.07) is 4.74. The maximum Gasteiger partial charge on any atom is 0.257 e. The second kappa shape index (κ2) is 8.19. The van der Waals surface area contributed by atoms with Crippen LogP contribution in [-0.2, 0) is 19.2 Å². The van der Waals surface area contributed by atoms with Gasteiger partial charge in [0, 0.05) is 11.5 Å². The molecule has 0 unspecified atom stereocenters. The van der Waals surface area contributed by atoms with E-state index < -0.39 is 57.0 Å². The fraction of sp³-hybridized carbons (Fsp3) is 0.478. The number of carbonyl (C=O) groups is 4. The molecule has 6 atom stereocenters. The van der Waals surface area contributed by atoms with E-state index >= 15 is 0 Å². The number of likely N-dealkylation sites (tertiary alicyclic amines) is 1. The zero-order valence-electron chi connectivity index (χ0n) is 18.4. The van der Waals surface area contributed by atoms with Gasteiger partial charge in [-0.15, -0.1) is 23.2 Å². The van der Waals surface area contributed by atoms with E-state index in [1.165, 1.54) is 0 Å². The third-order valence-corrected chi connectivity index (χ3v) is 9.55. The van der Waals surface area contributed by atoms with Gasteiger partial charge in [-0.25, -0.2) is 0 Å². The maximum atomic E-state index is 13.6. The predicted molar refractivity (Wildman–Crippen MR) is 126 cm³/mol. The summed E-state index contributed by atoms with van der Waals surface area (Å²) >= 11 is 17.3. The molecule has 0 spiro atoms. The Labute approximate surface area is 218 Å². The number of fused-ring (bicyclic) bond motifs is 4. The fourth-order valence-corrected chi connectivity index (χ4v) is 7.54. The molecule has 1 aromatic rings. The number of hydrogen-bond donors (Lipinski definition) is 2. The Kier molecular flexibility index (Phi) is 5.75. The first kappa shape index (κ1) is 24.5. The number of allylic oxidation sites excluding steroid dienone is 2. The molecule has 4 aliphatic rings. The minimum Gasteiger partial charge on any atom is -0.504 e. The Morgan fingerprint density at radius 1 is 1.14 bits per heavy atom. The lowest BCUT2D eigenvalue weighted by Crippen LogP contribution is -2.60. The predicted octanol–water partition coefficient (Wildman–Crippen LogP) is 2.89. The van der Waals surface area contributed by atoms with Crippen molar-refractivity contribution in [1.29, 1.82) is 0 Å². The van der Waals surface area contributed by atoms with E-state index in [1.54, 1.807) is 31.2 Å². The number of para-hydroxylation sites is 1. The summed E-state index contributed by atoms with van der Waals surface area (Å²) in [6.07, 6.45) is 1.63. The Bertz CT molecular complexity index is 1210. The fourth-order valence-electron chi connectivity index (χ4n) is 6.13. The first-order chi connectivity index (χ1) is 16.5. The van der Waals surface area contributed by atoms with Crippen molar-refractivity contribution < 1.29 is 34.2 Å². The van der Waals surface area contributed by atoms with Crippen LogP contribution in [0.3, 0.4) is 0 Å². The van der Waals surface area contributed by atoms with Gasteiger partial charge in [0.05, 0.1) is 23.9 Å². The van der Waals surface area contributed by atoms with Crippen LogP contribution in [0.1, 0.15) is 31.2 Å². The number of hydroxylamine groups is 2. The Balaban J connectivity index is 1.77. The smallest absolute Gasteiger partial charge is 0.257 e. The van der Waals surface area contributed by atoms with Crippen LogP contribution < -0.4 is 4.74 Å². The third-order valence-electron chi connectivity index (χ3n) is 7.63. The molecule has 12 heteroatoms. The van der Waals surface area contributed by atoms with Gasteiger partial charge in [0.25, 0.3) is 23.6 Å². The Morgan fingerprint density at radius 3 is 2.51 bits per heavy atom. The van der Waals surface area contributed by atoms with Crippen LogP contribution in [0.5, 0.6) is 11.5 Å². The molecule has 9 nitrogen and oxygen atoms in total. The third kappa shape index (κ3) is 2.97. The Hall–Kier alpha value is -2.14. The van der Waals surface area contributed by atoms with E-state index in [1.807, 2.05) is 0 Å². The zero-order chi connectivity index (χ0) is 25.4. The quantitative estimate of drug-likeness (QED) is 0.182. The van der Waals surface area contributed by atoms with Crippen LogP contribution in [0.4, 0.5) is 0 Å². The van der Waals surface area contributed by atoms with Gasteiger partial charge in [-0.3, -0.25) is 29.3 Å². The topological polar surface area (TPSA) is 124 Å². The van der Waals surface area contributed by atoms with Gasteiger partial charge in [0.2, 0.25) is 0 Å². The van der Waals surface area contributed by atoms with Gasteiger partial charge in [0.15, 0.2) is 21.2 Å². The van der Waals surface area contributed by atoms with Crippen molar-refractivity contribution in [2.24, 2.45) is 17.8 Å². The van der Waals surface area contributed by atoms with Crippen LogP contribution in [0.15, 0.2) is 29.8 Å². The first-order valence-electron chi connectivity index (χ1n) is 11.1. The molecule has 1 aromatic carbocycles. The molecule has 4 amide bonds. The zero-order valence-corrected chi connectivity index (χ0v) is 21.5. The van der Waals surface area contributed by atoms with Crippen molar-refractivity contribution in [2.45, 2.75) is 35.4 Å². The number of halogens is 3. The number of phenols is 1. The largest absolute Gasteiger partial charge is 0.504 e. The molecule has 2 heterocycles. The summed E-state index contributed by atoms with van der Waals surface area (Å²) in [5.41, 5.74) is 0.569. The number of alkyl halides is 3. The summed E-state index contributed by atoms with van der Waals surface area (Å²) in [5.74, 6) is -6.80. The van der Waals surface area contributed by atoms with Crippen LogP contribution in [0.2, 0.25) is 0 Å². The van der Waals surface area contributed by atoms with E-state index in [2.05, 4.69) is 15.9 Å². The minimum atomic E-state index is -2.03. The second-order valence-corrected chi connectivity index (χ2v) is 10.8. The van der Waals surface area contributed by atoms with Crippen LogP contribution in [0.25, 0.3) is 0 Å². The monoisotopic (exact) mass is 586 g/mol. The number of hydrogen-bond acceptors (Lipinski definition) is 7. The second-order valence-electron chi connectivity index (χ2n) is 9.10. The Morgan fingerprint density at radius 2 is 1.86 bits per heavy atom. The molecule has 0 bridgehead atoms. The molecule has 0 aromatic heterocycles. The van der Waals surface area contributed by atoms with Crippen molar-refractivity contribution in [3.63, 3.8) is 0 Å². The lowest BCUT2D eigenvalue weighted by molar-refractivity contribution is -0.173. The molecule has 3 fully saturated rings. The van der Waals surface area contributed by atoms with Crippen LogP contribution in [-0.4, -0.2) is 65.7 Å². The van der Waals surface area contributed by atoms with Gasteiger partial charge in [-0.2, -0.15) is 5.06 Å². The minimum absolute atomic E-state index is 0.115. The average Bonchev–Trinajstić information content (AvgIpc) is 3.14. The van der Waals surface area contributed by atoms with Crippen molar-refractivity contribution in [2.75, 3.05) is 12.1 Å². The number of ether oxygens (including phenoxy) is 1. The molecule has 2 aliphatic carbocycles. The molecular weight excluding hydrogens is 567 g/mol. The number of aromatic hydroxyl groups is 1. The van der Waals surface area contributed by atoms with Crippen molar-refractivity contribution in [3.8, 4) is 11.5 Å². The van der Waals surface area contributed by atoms with E-state index in [0.29, 0.717) is 5.57 Å². The van der Waals surface area contributed by atoms with Gasteiger partial charge < -0.3 is 9.84 Å². The number of imide groups is 2. The molecule has 5 rings (SSSR count). The highest BCUT2D eigenvalue weighted by atomic mass is 79.9. The number of benzene rings is 1. The normalized spacial score (nSPS) is 36.2. The summed E-state index contributed by atoms with van der Waals surface area (Å²) in [6.45, 7) is 2.01. The van der Waals surface area contributed by atoms with Gasteiger partial charge in [0.1, 0.15) is 0 Å². The van der Waals surface area contributed by atoms with E-state index in [-0.39, 0.29) is 47.0 Å². The lowest BCUT2D eigenvalue weighted by atomic mass is 9.56. The molecule has 2 N–H and O–H groups in total. The first-order valence-corrected chi connectivity index (χ1v) is 12.9. The van der Waals surface area contributed by atoms with Crippen molar-refractivity contribution in [3.05, 3.63) is 35.4 Å². The SMILES string of the molecule is CCOc1cccc([C@H]2C3=CC[C@@H]4C(=O)N(O)C(=O)[C@@H]4[C@@H]3C[C@@]3(Cl)C(=O)N(CBr)C(=O)[C@@]23Cl)c1O. The lowest BCUT2D eigenvalue weighted by Gasteiger charge is -2.50. The molecule has 35 heavy (non-hydrogen) atoms. The van der Waals surface area contributed by atoms with Crippen molar-refractivity contribution >= 4 is 62.8 Å². The highest BCUT2D eigenvalue weighted by Gasteiger charge is 2.76. The number of phenolic OH excluding ortho intramolecular Hbond substituents is 1. The average molecular weight is 588 g/mol. The number of amides is 4. The van der Waals surface area contributed by atoms with Crippen LogP contribution >= 0.6 is 39.1 Å². The number of nitrogens with zero attached hydrogens (tertiary/aromatic N) is 2. The van der Waals surface area contributed by atoms with Gasteiger partial charge in [-0.1, -0.05) is 39.7 Å². The highest BCUT2D eigenvalue weighted by Crippen LogP contribution is 2.66. The van der Waals surface area contributed by atoms with Crippen LogP contribution in [0, 0.1) is 17.8 Å². The summed E-state index contributed by atoms with van der Waals surface area (Å²) in [4.78, 5) is 49.4. The molecule has 2 aliphatic heterocycles. The van der Waals surface area contributed by atoms with E-state index in [0.717, 1.165) is 4.90 Å². The molecule has 1 saturated carbocycles. The van der Waals surface area contributed by atoms with E-state index in [9.17, 15) is 29.5 Å². The molecule has 0 radical (unpaired) electrons. The van der Waals surface area contributed by atoms with Gasteiger partial charge in [-0.05, 0) is 31.7 Å². The highest BCUT2D eigenvalue weighted by molar-refractivity contribution is 9.09. The van der Waals surface area contributed by atoms with Crippen molar-refractivity contribution in [1.82, 2.24) is 9.96 Å². The number of carbonyl (C=O) groups excluding carboxylic acids is 4. The summed E-state index contributed by atoms with van der Waals surface area (Å²) in [5, 5.41) is 21.3. The summed E-state index contributed by atoms with van der Waals surface area (Å²) in [7, 11) is 0. The van der Waals surface area contributed by atoms with Gasteiger partial charge >= 0.3 is 0 Å². The molecular formula is C23H21BrCl2N2O7. The molecule has 2 saturated heterocycles. The summed E-state index contributed by atoms with van der Waals surface area (Å²) < 4.78 is 5.52. The standard InChI is InChI=1S/C23H21BrCl2N2O7/c1-2-35-14-5-3-4-12(17(14)29)16-10-6-7-11-15(19(31)28(34)18(11)30)13(10)8-22(25)20(32)27(9-24)21(33)23(16,22)26/h3-6,11,13,15-16,29,34H,2,7-9H2,1H3/t11-,13+,15-,16+,22+,23-/m0/s1. The van der Waals surface area contributed by atoms with E-state index in [4.69, 9.17) is 27.9 Å². The number of rotatable bonds is 4. The molecule has 186 valence electrons.